The lowest BCUT2D eigenvalue weighted by atomic mass is 9.76. The molecule has 0 fully saturated rings. The van der Waals surface area contributed by atoms with Crippen LogP contribution in [0.25, 0.3) is 0 Å². The van der Waals surface area contributed by atoms with E-state index in [1.807, 2.05) is 0 Å². The molecule has 0 saturated carbocycles. The van der Waals surface area contributed by atoms with Gasteiger partial charge in [0.1, 0.15) is 0 Å². The average Bonchev–Trinajstić information content (AvgIpc) is 2.33. The predicted molar refractivity (Wildman–Crippen MR) is 93.4 cm³/mol. The summed E-state index contributed by atoms with van der Waals surface area (Å²) in [5.41, 5.74) is -0.516. The van der Waals surface area contributed by atoms with Crippen molar-refractivity contribution < 1.29 is 14.7 Å². The number of carboxylic acid groups (broad SMARTS) is 1. The van der Waals surface area contributed by atoms with Gasteiger partial charge in [-0.2, -0.15) is 0 Å². The number of rotatable bonds is 5. The van der Waals surface area contributed by atoms with Gasteiger partial charge in [0.25, 0.3) is 0 Å². The second-order valence-electron chi connectivity index (χ2n) is 5.35. The molecule has 2 N–H and O–H groups in total. The SMILES string of the molecule is CC(C)C(C)(CC(=O)Nc1c(Br)cc(Br)cc1Br)C(=O)O. The molecule has 116 valence electrons. The fourth-order valence-electron chi connectivity index (χ4n) is 1.71. The number of carbonyl (C=O) groups excluding carboxylic acids is 1. The maximum Gasteiger partial charge on any atom is 0.310 e. The van der Waals surface area contributed by atoms with Gasteiger partial charge in [0.15, 0.2) is 0 Å². The van der Waals surface area contributed by atoms with E-state index in [-0.39, 0.29) is 18.2 Å². The van der Waals surface area contributed by atoms with E-state index >= 15 is 0 Å². The standard InChI is InChI=1S/C14H16Br3NO3/c1-7(2)14(3,13(20)21)6-11(19)18-12-9(16)4-8(15)5-10(12)17/h4-5,7H,6H2,1-3H3,(H,18,19)(H,20,21). The fourth-order valence-corrected chi connectivity index (χ4v) is 4.16. The van der Waals surface area contributed by atoms with Crippen LogP contribution in [0.3, 0.4) is 0 Å². The van der Waals surface area contributed by atoms with Gasteiger partial charge < -0.3 is 10.4 Å². The van der Waals surface area contributed by atoms with Crippen molar-refractivity contribution in [2.75, 3.05) is 5.32 Å². The summed E-state index contributed by atoms with van der Waals surface area (Å²) in [4.78, 5) is 23.6. The number of anilines is 1. The number of benzene rings is 1. The van der Waals surface area contributed by atoms with E-state index in [1.54, 1.807) is 32.9 Å². The highest BCUT2D eigenvalue weighted by molar-refractivity contribution is 9.11. The van der Waals surface area contributed by atoms with Crippen molar-refractivity contribution in [3.8, 4) is 0 Å². The zero-order valence-electron chi connectivity index (χ0n) is 11.8. The van der Waals surface area contributed by atoms with Crippen LogP contribution in [0.1, 0.15) is 27.2 Å². The first-order valence-corrected chi connectivity index (χ1v) is 8.63. The van der Waals surface area contributed by atoms with Gasteiger partial charge in [0.2, 0.25) is 5.91 Å². The van der Waals surface area contributed by atoms with Gasteiger partial charge >= 0.3 is 5.97 Å². The Labute approximate surface area is 149 Å². The number of hydrogen-bond donors (Lipinski definition) is 2. The van der Waals surface area contributed by atoms with Crippen LogP contribution >= 0.6 is 47.8 Å². The monoisotopic (exact) mass is 483 g/mol. The highest BCUT2D eigenvalue weighted by Gasteiger charge is 2.38. The van der Waals surface area contributed by atoms with Crippen molar-refractivity contribution in [3.63, 3.8) is 0 Å². The molecule has 0 radical (unpaired) electrons. The maximum absolute atomic E-state index is 12.2. The Morgan fingerprint density at radius 1 is 1.24 bits per heavy atom. The summed E-state index contributed by atoms with van der Waals surface area (Å²) in [6.45, 7) is 5.19. The maximum atomic E-state index is 12.2. The molecule has 0 bridgehead atoms. The summed E-state index contributed by atoms with van der Waals surface area (Å²) >= 11 is 10.1. The summed E-state index contributed by atoms with van der Waals surface area (Å²) < 4.78 is 2.27. The molecule has 1 aromatic rings. The van der Waals surface area contributed by atoms with Gasteiger partial charge in [-0.15, -0.1) is 0 Å². The Hall–Kier alpha value is -0.400. The van der Waals surface area contributed by atoms with E-state index in [2.05, 4.69) is 53.1 Å². The van der Waals surface area contributed by atoms with Gasteiger partial charge in [0.05, 0.1) is 11.1 Å². The number of nitrogens with one attached hydrogen (secondary N) is 1. The number of halogens is 3. The lowest BCUT2D eigenvalue weighted by Crippen LogP contribution is -2.37. The number of carboxylic acids is 1. The van der Waals surface area contributed by atoms with E-state index in [0.717, 1.165) is 4.47 Å². The fraction of sp³-hybridized carbons (Fsp3) is 0.429. The molecule has 4 nitrogen and oxygen atoms in total. The van der Waals surface area contributed by atoms with Crippen LogP contribution in [0.2, 0.25) is 0 Å². The van der Waals surface area contributed by atoms with Gasteiger partial charge in [-0.05, 0) is 56.8 Å². The second-order valence-corrected chi connectivity index (χ2v) is 7.97. The van der Waals surface area contributed by atoms with Crippen LogP contribution in [0.4, 0.5) is 5.69 Å². The van der Waals surface area contributed by atoms with E-state index < -0.39 is 11.4 Å². The smallest absolute Gasteiger partial charge is 0.310 e. The minimum absolute atomic E-state index is 0.0883. The third-order valence-electron chi connectivity index (χ3n) is 3.56. The summed E-state index contributed by atoms with van der Waals surface area (Å²) in [6, 6.07) is 3.61. The molecular formula is C14H16Br3NO3. The average molecular weight is 486 g/mol. The number of aliphatic carboxylic acids is 1. The van der Waals surface area contributed by atoms with Crippen LogP contribution in [0, 0.1) is 11.3 Å². The Morgan fingerprint density at radius 2 is 1.71 bits per heavy atom. The molecule has 0 heterocycles. The molecule has 0 aliphatic carbocycles. The van der Waals surface area contributed by atoms with Crippen LogP contribution < -0.4 is 5.32 Å². The summed E-state index contributed by atoms with van der Waals surface area (Å²) in [5, 5.41) is 12.1. The third kappa shape index (κ3) is 4.53. The van der Waals surface area contributed by atoms with Crippen molar-refractivity contribution in [1.82, 2.24) is 0 Å². The highest BCUT2D eigenvalue weighted by Crippen LogP contribution is 2.36. The first kappa shape index (κ1) is 18.6. The Bertz CT molecular complexity index is 552. The van der Waals surface area contributed by atoms with Crippen LogP contribution in [-0.4, -0.2) is 17.0 Å². The van der Waals surface area contributed by atoms with E-state index in [1.165, 1.54) is 0 Å². The molecule has 21 heavy (non-hydrogen) atoms. The van der Waals surface area contributed by atoms with Gasteiger partial charge in [-0.3, -0.25) is 9.59 Å². The minimum Gasteiger partial charge on any atom is -0.481 e. The quantitative estimate of drug-likeness (QED) is 0.613. The van der Waals surface area contributed by atoms with Crippen LogP contribution in [0.5, 0.6) is 0 Å². The predicted octanol–water partition coefficient (Wildman–Crippen LogP) is 5.05. The van der Waals surface area contributed by atoms with E-state index in [0.29, 0.717) is 14.6 Å². The molecular weight excluding hydrogens is 470 g/mol. The molecule has 1 atom stereocenters. The second kappa shape index (κ2) is 7.24. The number of hydrogen-bond acceptors (Lipinski definition) is 2. The van der Waals surface area contributed by atoms with Gasteiger partial charge in [-0.1, -0.05) is 29.8 Å². The summed E-state index contributed by atoms with van der Waals surface area (Å²) in [5.74, 6) is -1.46. The molecule has 7 heteroatoms. The highest BCUT2D eigenvalue weighted by atomic mass is 79.9. The molecule has 1 aromatic carbocycles. The Balaban J connectivity index is 2.95. The first-order chi connectivity index (χ1) is 9.57. The molecule has 0 aliphatic heterocycles. The Morgan fingerprint density at radius 3 is 2.10 bits per heavy atom. The van der Waals surface area contributed by atoms with Crippen LogP contribution in [-0.2, 0) is 9.59 Å². The number of carbonyl (C=O) groups is 2. The number of amides is 1. The largest absolute Gasteiger partial charge is 0.481 e. The lowest BCUT2D eigenvalue weighted by Gasteiger charge is -2.28. The van der Waals surface area contributed by atoms with Crippen molar-refractivity contribution in [2.45, 2.75) is 27.2 Å². The van der Waals surface area contributed by atoms with E-state index in [9.17, 15) is 14.7 Å². The molecule has 1 unspecified atom stereocenters. The van der Waals surface area contributed by atoms with Crippen LogP contribution in [0.15, 0.2) is 25.6 Å². The van der Waals surface area contributed by atoms with Crippen molar-refractivity contribution in [1.29, 1.82) is 0 Å². The topological polar surface area (TPSA) is 66.4 Å². The van der Waals surface area contributed by atoms with E-state index in [4.69, 9.17) is 0 Å². The molecule has 1 rings (SSSR count). The molecule has 0 saturated heterocycles. The zero-order valence-corrected chi connectivity index (χ0v) is 16.6. The third-order valence-corrected chi connectivity index (χ3v) is 5.27. The summed E-state index contributed by atoms with van der Waals surface area (Å²) in [7, 11) is 0. The van der Waals surface area contributed by atoms with Crippen molar-refractivity contribution in [2.24, 2.45) is 11.3 Å². The molecule has 0 aromatic heterocycles. The van der Waals surface area contributed by atoms with Gasteiger partial charge in [0, 0.05) is 19.8 Å². The molecule has 0 spiro atoms. The van der Waals surface area contributed by atoms with Crippen molar-refractivity contribution >= 4 is 65.4 Å². The van der Waals surface area contributed by atoms with Crippen molar-refractivity contribution in [3.05, 3.63) is 25.6 Å². The van der Waals surface area contributed by atoms with Gasteiger partial charge in [-0.25, -0.2) is 0 Å². The zero-order chi connectivity index (χ0) is 16.4. The normalized spacial score (nSPS) is 13.9. The minimum atomic E-state index is -1.10. The Kier molecular flexibility index (Phi) is 6.43. The lowest BCUT2D eigenvalue weighted by molar-refractivity contribution is -0.153. The summed E-state index contributed by atoms with van der Waals surface area (Å²) in [6.07, 6.45) is -0.0883. The molecule has 0 aliphatic rings. The first-order valence-electron chi connectivity index (χ1n) is 6.25. The molecule has 1 amide bonds.